The van der Waals surface area contributed by atoms with Crippen molar-refractivity contribution in [3.05, 3.63) is 83.2 Å². The second-order valence-corrected chi connectivity index (χ2v) is 6.56. The summed E-state index contributed by atoms with van der Waals surface area (Å²) >= 11 is 0. The molecule has 0 fully saturated rings. The van der Waals surface area contributed by atoms with Crippen molar-refractivity contribution in [2.75, 3.05) is 6.61 Å². The molecule has 146 valence electrons. The number of hydrogen-bond acceptors (Lipinski definition) is 6. The molecule has 2 N–H and O–H groups in total. The standard InChI is InChI=1S/C21H19N5O3/c27-20(23-11-14-3-4-19-16(8-14)5-7-29-19)17-9-18(26-13-25-17)21(28)24-12-15-2-1-6-22-10-15/h1-4,6,8-10,13H,5,7,11-12H2,(H,23,27)(H,24,28). The Morgan fingerprint density at radius 2 is 1.72 bits per heavy atom. The van der Waals surface area contributed by atoms with Crippen LogP contribution in [0, 0.1) is 0 Å². The van der Waals surface area contributed by atoms with E-state index in [4.69, 9.17) is 4.74 Å². The third kappa shape index (κ3) is 4.55. The normalized spacial score (nSPS) is 12.0. The van der Waals surface area contributed by atoms with E-state index in [1.807, 2.05) is 24.3 Å². The summed E-state index contributed by atoms with van der Waals surface area (Å²) in [6, 6.07) is 10.9. The molecule has 8 nitrogen and oxygen atoms in total. The van der Waals surface area contributed by atoms with Crippen molar-refractivity contribution < 1.29 is 14.3 Å². The van der Waals surface area contributed by atoms with Gasteiger partial charge in [-0.1, -0.05) is 18.2 Å². The van der Waals surface area contributed by atoms with E-state index in [1.54, 1.807) is 18.5 Å². The molecule has 2 aromatic heterocycles. The predicted octanol–water partition coefficient (Wildman–Crippen LogP) is 1.67. The zero-order valence-corrected chi connectivity index (χ0v) is 15.6. The summed E-state index contributed by atoms with van der Waals surface area (Å²) in [7, 11) is 0. The predicted molar refractivity (Wildman–Crippen MR) is 104 cm³/mol. The minimum absolute atomic E-state index is 0.128. The fourth-order valence-corrected chi connectivity index (χ4v) is 3.00. The van der Waals surface area contributed by atoms with Gasteiger partial charge in [-0.3, -0.25) is 14.6 Å². The third-order valence-corrected chi connectivity index (χ3v) is 4.52. The lowest BCUT2D eigenvalue weighted by Gasteiger charge is -2.08. The van der Waals surface area contributed by atoms with Crippen LogP contribution in [0.5, 0.6) is 5.75 Å². The first-order valence-electron chi connectivity index (χ1n) is 9.21. The van der Waals surface area contributed by atoms with Gasteiger partial charge in [0.25, 0.3) is 11.8 Å². The van der Waals surface area contributed by atoms with Crippen LogP contribution in [0.3, 0.4) is 0 Å². The minimum atomic E-state index is -0.385. The number of rotatable bonds is 6. The molecule has 0 saturated heterocycles. The molecule has 0 radical (unpaired) electrons. The zero-order chi connectivity index (χ0) is 20.1. The van der Waals surface area contributed by atoms with Crippen LogP contribution in [-0.4, -0.2) is 33.4 Å². The Kier molecular flexibility index (Phi) is 5.42. The minimum Gasteiger partial charge on any atom is -0.493 e. The number of nitrogens with zero attached hydrogens (tertiary/aromatic N) is 3. The van der Waals surface area contributed by atoms with E-state index in [0.717, 1.165) is 28.9 Å². The highest BCUT2D eigenvalue weighted by Gasteiger charge is 2.15. The maximum absolute atomic E-state index is 12.4. The van der Waals surface area contributed by atoms with Gasteiger partial charge in [0.2, 0.25) is 0 Å². The molecular weight excluding hydrogens is 370 g/mol. The molecule has 3 heterocycles. The average molecular weight is 389 g/mol. The number of benzene rings is 1. The molecule has 4 rings (SSSR count). The summed E-state index contributed by atoms with van der Waals surface area (Å²) < 4.78 is 5.49. The summed E-state index contributed by atoms with van der Waals surface area (Å²) in [6.07, 6.45) is 5.42. The van der Waals surface area contributed by atoms with Crippen molar-refractivity contribution >= 4 is 11.8 Å². The molecule has 8 heteroatoms. The summed E-state index contributed by atoms with van der Waals surface area (Å²) in [5.74, 6) is 0.146. The first-order valence-corrected chi connectivity index (χ1v) is 9.21. The number of ether oxygens (including phenoxy) is 1. The summed E-state index contributed by atoms with van der Waals surface area (Å²) in [6.45, 7) is 1.37. The number of amides is 2. The van der Waals surface area contributed by atoms with E-state index >= 15 is 0 Å². The fourth-order valence-electron chi connectivity index (χ4n) is 3.00. The highest BCUT2D eigenvalue weighted by atomic mass is 16.5. The van der Waals surface area contributed by atoms with Crippen molar-refractivity contribution in [1.82, 2.24) is 25.6 Å². The molecular formula is C21H19N5O3. The van der Waals surface area contributed by atoms with Crippen LogP contribution in [0.2, 0.25) is 0 Å². The van der Waals surface area contributed by atoms with Crippen molar-refractivity contribution in [2.24, 2.45) is 0 Å². The maximum atomic E-state index is 12.4. The highest BCUT2D eigenvalue weighted by Crippen LogP contribution is 2.25. The molecule has 0 spiro atoms. The van der Waals surface area contributed by atoms with Crippen LogP contribution in [0.15, 0.2) is 55.1 Å². The van der Waals surface area contributed by atoms with Gasteiger partial charge in [0, 0.05) is 38.0 Å². The van der Waals surface area contributed by atoms with Gasteiger partial charge in [0.15, 0.2) is 0 Å². The molecule has 2 amide bonds. The van der Waals surface area contributed by atoms with Gasteiger partial charge in [0.05, 0.1) is 6.61 Å². The lowest BCUT2D eigenvalue weighted by atomic mass is 10.1. The van der Waals surface area contributed by atoms with Gasteiger partial charge in [-0.2, -0.15) is 0 Å². The van der Waals surface area contributed by atoms with Crippen LogP contribution in [0.25, 0.3) is 0 Å². The number of aromatic nitrogens is 3. The average Bonchev–Trinajstić information content (AvgIpc) is 3.24. The van der Waals surface area contributed by atoms with E-state index in [-0.39, 0.29) is 23.2 Å². The molecule has 0 atom stereocenters. The van der Waals surface area contributed by atoms with Gasteiger partial charge in [-0.15, -0.1) is 0 Å². The molecule has 3 aromatic rings. The summed E-state index contributed by atoms with van der Waals surface area (Å²) in [5.41, 5.74) is 3.25. The van der Waals surface area contributed by atoms with E-state index in [0.29, 0.717) is 19.7 Å². The Morgan fingerprint density at radius 3 is 2.45 bits per heavy atom. The smallest absolute Gasteiger partial charge is 0.270 e. The SMILES string of the molecule is O=C(NCc1cccnc1)c1cc(C(=O)NCc2ccc3c(c2)CCO3)ncn1. The maximum Gasteiger partial charge on any atom is 0.270 e. The van der Waals surface area contributed by atoms with Crippen molar-refractivity contribution in [3.63, 3.8) is 0 Å². The van der Waals surface area contributed by atoms with Crippen molar-refractivity contribution in [1.29, 1.82) is 0 Å². The number of carbonyl (C=O) groups excluding carboxylic acids is 2. The Morgan fingerprint density at radius 1 is 0.966 bits per heavy atom. The number of hydrogen-bond donors (Lipinski definition) is 2. The van der Waals surface area contributed by atoms with Crippen LogP contribution in [0.1, 0.15) is 37.7 Å². The van der Waals surface area contributed by atoms with Crippen LogP contribution >= 0.6 is 0 Å². The van der Waals surface area contributed by atoms with Crippen molar-refractivity contribution in [3.8, 4) is 5.75 Å². The van der Waals surface area contributed by atoms with E-state index in [1.165, 1.54) is 12.4 Å². The summed E-state index contributed by atoms with van der Waals surface area (Å²) in [5, 5.41) is 5.57. The molecule has 0 saturated carbocycles. The Bertz CT molecular complexity index is 1040. The summed E-state index contributed by atoms with van der Waals surface area (Å²) in [4.78, 5) is 36.7. The first-order chi connectivity index (χ1) is 14.2. The molecule has 1 aromatic carbocycles. The first kappa shape index (κ1) is 18.5. The second kappa shape index (κ2) is 8.47. The lowest BCUT2D eigenvalue weighted by molar-refractivity contribution is 0.0944. The van der Waals surface area contributed by atoms with Gasteiger partial charge in [0.1, 0.15) is 23.5 Å². The van der Waals surface area contributed by atoms with E-state index in [9.17, 15) is 9.59 Å². The number of fused-ring (bicyclic) bond motifs is 1. The zero-order valence-electron chi connectivity index (χ0n) is 15.6. The number of pyridine rings is 1. The van der Waals surface area contributed by atoms with Gasteiger partial charge >= 0.3 is 0 Å². The van der Waals surface area contributed by atoms with E-state index in [2.05, 4.69) is 25.6 Å². The number of nitrogens with one attached hydrogen (secondary N) is 2. The Hall–Kier alpha value is -3.81. The Balaban J connectivity index is 1.36. The largest absolute Gasteiger partial charge is 0.493 e. The van der Waals surface area contributed by atoms with Crippen LogP contribution < -0.4 is 15.4 Å². The molecule has 0 unspecified atom stereocenters. The second-order valence-electron chi connectivity index (χ2n) is 6.56. The Labute approximate surface area is 167 Å². The van der Waals surface area contributed by atoms with Crippen LogP contribution in [0.4, 0.5) is 0 Å². The van der Waals surface area contributed by atoms with Crippen molar-refractivity contribution in [2.45, 2.75) is 19.5 Å². The topological polar surface area (TPSA) is 106 Å². The van der Waals surface area contributed by atoms with Gasteiger partial charge in [-0.05, 0) is 28.8 Å². The van der Waals surface area contributed by atoms with Gasteiger partial charge < -0.3 is 15.4 Å². The molecule has 0 bridgehead atoms. The fraction of sp³-hybridized carbons (Fsp3) is 0.190. The van der Waals surface area contributed by atoms with E-state index < -0.39 is 0 Å². The molecule has 0 aliphatic carbocycles. The quantitative estimate of drug-likeness (QED) is 0.664. The molecule has 29 heavy (non-hydrogen) atoms. The van der Waals surface area contributed by atoms with Gasteiger partial charge in [-0.25, -0.2) is 9.97 Å². The third-order valence-electron chi connectivity index (χ3n) is 4.52. The lowest BCUT2D eigenvalue weighted by Crippen LogP contribution is -2.27. The molecule has 1 aliphatic rings. The highest BCUT2D eigenvalue weighted by molar-refractivity contribution is 5.97. The van der Waals surface area contributed by atoms with Crippen LogP contribution in [-0.2, 0) is 19.5 Å². The monoisotopic (exact) mass is 389 g/mol. The molecule has 1 aliphatic heterocycles. The number of carbonyl (C=O) groups is 2.